The molecule has 4 aromatic rings. The minimum atomic E-state index is -0.274. The van der Waals surface area contributed by atoms with E-state index in [1.165, 1.54) is 11.1 Å². The summed E-state index contributed by atoms with van der Waals surface area (Å²) in [7, 11) is 0. The Labute approximate surface area is 181 Å². The number of hydrogen-bond donors (Lipinski definition) is 1. The van der Waals surface area contributed by atoms with Crippen LogP contribution in [0.1, 0.15) is 27.0 Å². The van der Waals surface area contributed by atoms with E-state index in [-0.39, 0.29) is 5.91 Å². The number of hydrogen-bond acceptors (Lipinski definition) is 4. The smallest absolute Gasteiger partial charge is 0.271 e. The van der Waals surface area contributed by atoms with Crippen LogP contribution in [-0.2, 0) is 6.54 Å². The molecule has 0 saturated heterocycles. The molecule has 0 saturated carbocycles. The molecule has 1 amide bonds. The molecule has 0 aliphatic carbocycles. The molecule has 156 valence electrons. The van der Waals surface area contributed by atoms with Crippen LogP contribution in [0.4, 0.5) is 0 Å². The number of fused-ring (bicyclic) bond motifs is 1. The molecule has 2 heterocycles. The molecular weight excluding hydrogens is 388 g/mol. The van der Waals surface area contributed by atoms with E-state index < -0.39 is 0 Å². The second-order valence-electron chi connectivity index (χ2n) is 7.32. The van der Waals surface area contributed by atoms with Crippen LogP contribution in [0.2, 0.25) is 0 Å². The van der Waals surface area contributed by atoms with Crippen molar-refractivity contribution in [3.63, 3.8) is 0 Å². The van der Waals surface area contributed by atoms with Gasteiger partial charge in [-0.25, -0.2) is 5.43 Å². The van der Waals surface area contributed by atoms with E-state index in [4.69, 9.17) is 4.74 Å². The summed E-state index contributed by atoms with van der Waals surface area (Å²) in [5.41, 5.74) is 7.57. The first-order valence-electron chi connectivity index (χ1n) is 10.1. The third-order valence-corrected chi connectivity index (χ3v) is 5.21. The van der Waals surface area contributed by atoms with Crippen molar-refractivity contribution in [1.29, 1.82) is 0 Å². The van der Waals surface area contributed by atoms with E-state index in [1.54, 1.807) is 30.7 Å². The molecule has 2 aromatic carbocycles. The van der Waals surface area contributed by atoms with E-state index in [2.05, 4.69) is 52.1 Å². The maximum absolute atomic E-state index is 12.2. The fraction of sp³-hybridized carbons (Fsp3) is 0.160. The van der Waals surface area contributed by atoms with Crippen LogP contribution in [0.15, 0.2) is 78.3 Å². The molecular formula is C25H24N4O2. The van der Waals surface area contributed by atoms with Gasteiger partial charge < -0.3 is 9.30 Å². The van der Waals surface area contributed by atoms with E-state index in [0.717, 1.165) is 22.2 Å². The second-order valence-corrected chi connectivity index (χ2v) is 7.32. The number of nitrogens with one attached hydrogen (secondary N) is 1. The summed E-state index contributed by atoms with van der Waals surface area (Å²) in [6, 6.07) is 17.5. The van der Waals surface area contributed by atoms with Crippen LogP contribution >= 0.6 is 0 Å². The van der Waals surface area contributed by atoms with Crippen LogP contribution in [0.3, 0.4) is 0 Å². The van der Waals surface area contributed by atoms with Crippen LogP contribution < -0.4 is 10.2 Å². The fourth-order valence-electron chi connectivity index (χ4n) is 3.36. The van der Waals surface area contributed by atoms with Gasteiger partial charge in [-0.2, -0.15) is 5.10 Å². The molecule has 4 rings (SSSR count). The fourth-order valence-corrected chi connectivity index (χ4v) is 3.36. The molecule has 0 atom stereocenters. The summed E-state index contributed by atoms with van der Waals surface area (Å²) >= 11 is 0. The molecule has 6 heteroatoms. The van der Waals surface area contributed by atoms with Crippen molar-refractivity contribution in [2.75, 3.05) is 6.61 Å². The van der Waals surface area contributed by atoms with Gasteiger partial charge in [-0.15, -0.1) is 0 Å². The van der Waals surface area contributed by atoms with E-state index >= 15 is 0 Å². The Morgan fingerprint density at radius 2 is 1.90 bits per heavy atom. The molecule has 2 aromatic heterocycles. The number of aromatic nitrogens is 2. The predicted molar refractivity (Wildman–Crippen MR) is 123 cm³/mol. The van der Waals surface area contributed by atoms with E-state index in [1.807, 2.05) is 30.5 Å². The van der Waals surface area contributed by atoms with Crippen LogP contribution in [-0.4, -0.2) is 28.3 Å². The molecule has 0 aliphatic heterocycles. The standard InChI is InChI=1S/C25H24N4O2/c1-18-7-8-22(15-19(18)2)31-14-13-29-17-21(23-5-3-4-6-24(23)29)16-27-28-25(30)20-9-11-26-12-10-20/h3-12,15-17H,13-14H2,1-2H3,(H,28,30)/b27-16-. The average Bonchev–Trinajstić information content (AvgIpc) is 3.14. The maximum Gasteiger partial charge on any atom is 0.271 e. The number of carbonyl (C=O) groups is 1. The molecule has 0 radical (unpaired) electrons. The monoisotopic (exact) mass is 412 g/mol. The molecule has 0 spiro atoms. The minimum Gasteiger partial charge on any atom is -0.492 e. The lowest BCUT2D eigenvalue weighted by Crippen LogP contribution is -2.17. The van der Waals surface area contributed by atoms with Gasteiger partial charge in [-0.05, 0) is 55.3 Å². The Bertz CT molecular complexity index is 1230. The first kappa shape index (κ1) is 20.3. The number of ether oxygens (including phenoxy) is 1. The Hall–Kier alpha value is -3.93. The molecule has 0 fully saturated rings. The van der Waals surface area contributed by atoms with Gasteiger partial charge in [0.25, 0.3) is 5.91 Å². The highest BCUT2D eigenvalue weighted by Gasteiger charge is 2.08. The molecule has 0 unspecified atom stereocenters. The first-order chi connectivity index (χ1) is 15.1. The number of benzene rings is 2. The Morgan fingerprint density at radius 1 is 1.10 bits per heavy atom. The molecule has 31 heavy (non-hydrogen) atoms. The summed E-state index contributed by atoms with van der Waals surface area (Å²) in [6.07, 6.45) is 6.84. The van der Waals surface area contributed by atoms with Crippen molar-refractivity contribution in [1.82, 2.24) is 15.0 Å². The van der Waals surface area contributed by atoms with Crippen molar-refractivity contribution >= 4 is 23.0 Å². The highest BCUT2D eigenvalue weighted by Crippen LogP contribution is 2.21. The maximum atomic E-state index is 12.2. The summed E-state index contributed by atoms with van der Waals surface area (Å²) in [4.78, 5) is 16.1. The average molecular weight is 412 g/mol. The third kappa shape index (κ3) is 4.80. The van der Waals surface area contributed by atoms with Crippen LogP contribution in [0.25, 0.3) is 10.9 Å². The van der Waals surface area contributed by atoms with Gasteiger partial charge in [0.2, 0.25) is 0 Å². The highest BCUT2D eigenvalue weighted by atomic mass is 16.5. The topological polar surface area (TPSA) is 68.5 Å². The largest absolute Gasteiger partial charge is 0.492 e. The van der Waals surface area contributed by atoms with Crippen molar-refractivity contribution in [2.45, 2.75) is 20.4 Å². The number of pyridine rings is 1. The SMILES string of the molecule is Cc1ccc(OCCn2cc(/C=N\NC(=O)c3ccncc3)c3ccccc32)cc1C. The second kappa shape index (κ2) is 9.26. The zero-order valence-corrected chi connectivity index (χ0v) is 17.6. The first-order valence-corrected chi connectivity index (χ1v) is 10.1. The number of rotatable bonds is 7. The van der Waals surface area contributed by atoms with Gasteiger partial charge in [-0.1, -0.05) is 24.3 Å². The molecule has 6 nitrogen and oxygen atoms in total. The van der Waals surface area contributed by atoms with Crippen molar-refractivity contribution < 1.29 is 9.53 Å². The molecule has 0 bridgehead atoms. The van der Waals surface area contributed by atoms with Gasteiger partial charge in [0, 0.05) is 40.6 Å². The quantitative estimate of drug-likeness (QED) is 0.359. The van der Waals surface area contributed by atoms with Gasteiger partial charge in [0.1, 0.15) is 12.4 Å². The summed E-state index contributed by atoms with van der Waals surface area (Å²) in [6.45, 7) is 5.43. The minimum absolute atomic E-state index is 0.274. The lowest BCUT2D eigenvalue weighted by atomic mass is 10.1. The van der Waals surface area contributed by atoms with E-state index in [9.17, 15) is 4.79 Å². The highest BCUT2D eigenvalue weighted by molar-refractivity contribution is 6.00. The summed E-state index contributed by atoms with van der Waals surface area (Å²) in [5, 5.41) is 5.20. The summed E-state index contributed by atoms with van der Waals surface area (Å²) in [5.74, 6) is 0.601. The number of carbonyl (C=O) groups excluding carboxylic acids is 1. The number of amides is 1. The Balaban J connectivity index is 1.45. The van der Waals surface area contributed by atoms with Crippen LogP contribution in [0, 0.1) is 13.8 Å². The van der Waals surface area contributed by atoms with Crippen molar-refractivity contribution in [2.24, 2.45) is 5.10 Å². The van der Waals surface area contributed by atoms with Crippen molar-refractivity contribution in [3.05, 3.63) is 95.4 Å². The number of para-hydroxylation sites is 1. The van der Waals surface area contributed by atoms with Crippen molar-refractivity contribution in [3.8, 4) is 5.75 Å². The normalized spacial score (nSPS) is 11.2. The van der Waals surface area contributed by atoms with Gasteiger partial charge in [0.15, 0.2) is 0 Å². The number of nitrogens with zero attached hydrogens (tertiary/aromatic N) is 3. The van der Waals surface area contributed by atoms with Gasteiger partial charge >= 0.3 is 0 Å². The lowest BCUT2D eigenvalue weighted by molar-refractivity contribution is 0.0955. The van der Waals surface area contributed by atoms with E-state index in [0.29, 0.717) is 18.7 Å². The van der Waals surface area contributed by atoms with Gasteiger partial charge in [-0.3, -0.25) is 9.78 Å². The zero-order valence-electron chi connectivity index (χ0n) is 17.6. The number of aryl methyl sites for hydroxylation is 2. The summed E-state index contributed by atoms with van der Waals surface area (Å²) < 4.78 is 8.09. The third-order valence-electron chi connectivity index (χ3n) is 5.21. The zero-order chi connectivity index (χ0) is 21.6. The lowest BCUT2D eigenvalue weighted by Gasteiger charge is -2.10. The van der Waals surface area contributed by atoms with Gasteiger partial charge in [0.05, 0.1) is 12.8 Å². The molecule has 0 aliphatic rings. The molecule has 1 N–H and O–H groups in total. The Kier molecular flexibility index (Phi) is 6.08. The predicted octanol–water partition coefficient (Wildman–Crippen LogP) is 4.50. The Morgan fingerprint density at radius 3 is 2.71 bits per heavy atom. The number of hydrazone groups is 1. The van der Waals surface area contributed by atoms with Crippen LogP contribution in [0.5, 0.6) is 5.75 Å².